The maximum atomic E-state index is 12.5. The van der Waals surface area contributed by atoms with Crippen LogP contribution in [0.2, 0.25) is 0 Å². The van der Waals surface area contributed by atoms with Gasteiger partial charge in [0.05, 0.1) is 4.88 Å². The molecule has 0 spiro atoms. The topological polar surface area (TPSA) is 30.0 Å². The van der Waals surface area contributed by atoms with E-state index in [-0.39, 0.29) is 5.78 Å². The van der Waals surface area contributed by atoms with Gasteiger partial charge in [0.1, 0.15) is 0 Å². The molecule has 1 aromatic heterocycles. The lowest BCUT2D eigenvalue weighted by molar-refractivity contribution is -0.137. The third kappa shape index (κ3) is 2.16. The van der Waals surface area contributed by atoms with Crippen molar-refractivity contribution in [3.8, 4) is 10.4 Å². The quantitative estimate of drug-likeness (QED) is 0.793. The van der Waals surface area contributed by atoms with Gasteiger partial charge in [0.2, 0.25) is 0 Å². The van der Waals surface area contributed by atoms with Crippen LogP contribution in [0.4, 0.5) is 13.2 Å². The normalized spacial score (nSPS) is 14.8. The van der Waals surface area contributed by atoms with Crippen LogP contribution in [0.25, 0.3) is 10.4 Å². The number of hydrogen-bond acceptors (Lipinski definition) is 3. The van der Waals surface area contributed by atoms with E-state index in [9.17, 15) is 18.0 Å². The Kier molecular flexibility index (Phi) is 2.70. The predicted octanol–water partition coefficient (Wildman–Crippen LogP) is 3.96. The van der Waals surface area contributed by atoms with Gasteiger partial charge in [-0.1, -0.05) is 12.1 Å². The Bertz CT molecular complexity index is 660. The smallest absolute Gasteiger partial charge is 0.294 e. The van der Waals surface area contributed by atoms with E-state index < -0.39 is 11.2 Å². The van der Waals surface area contributed by atoms with Gasteiger partial charge in [-0.05, 0) is 23.6 Å². The summed E-state index contributed by atoms with van der Waals surface area (Å²) < 4.78 is 37.5. The van der Waals surface area contributed by atoms with E-state index in [1.54, 1.807) is 12.1 Å². The van der Waals surface area contributed by atoms with E-state index in [1.807, 2.05) is 6.07 Å². The molecule has 0 saturated heterocycles. The Balaban J connectivity index is 2.01. The van der Waals surface area contributed by atoms with Crippen molar-refractivity contribution >= 4 is 17.1 Å². The number of hydrogen-bond donors (Lipinski definition) is 0. The minimum absolute atomic E-state index is 0.0532. The molecular formula is C13H8F3NOS. The van der Waals surface area contributed by atoms with Crippen molar-refractivity contribution in [1.29, 1.82) is 0 Å². The zero-order valence-electron chi connectivity index (χ0n) is 9.62. The van der Waals surface area contributed by atoms with Crippen molar-refractivity contribution in [3.63, 3.8) is 0 Å². The lowest BCUT2D eigenvalue weighted by Crippen LogP contribution is -2.02. The number of benzene rings is 1. The van der Waals surface area contributed by atoms with Crippen molar-refractivity contribution < 1.29 is 18.0 Å². The number of nitrogens with zero attached hydrogens (tertiary/aromatic N) is 1. The van der Waals surface area contributed by atoms with Gasteiger partial charge >= 0.3 is 6.18 Å². The molecule has 0 bridgehead atoms. The van der Waals surface area contributed by atoms with Crippen LogP contribution in [0, 0.1) is 0 Å². The Morgan fingerprint density at radius 1 is 1.21 bits per heavy atom. The second-order valence-corrected chi connectivity index (χ2v) is 5.35. The molecule has 0 fully saturated rings. The lowest BCUT2D eigenvalue weighted by atomic mass is 10.1. The highest BCUT2D eigenvalue weighted by Crippen LogP contribution is 2.37. The molecule has 0 atom stereocenters. The third-order valence-electron chi connectivity index (χ3n) is 3.06. The van der Waals surface area contributed by atoms with E-state index in [0.29, 0.717) is 40.2 Å². The molecule has 19 heavy (non-hydrogen) atoms. The number of carbonyl (C=O) groups excluding carboxylic acids is 1. The van der Waals surface area contributed by atoms with Crippen molar-refractivity contribution in [2.75, 3.05) is 0 Å². The summed E-state index contributed by atoms with van der Waals surface area (Å²) in [6.45, 7) is 0. The maximum Gasteiger partial charge on any atom is 0.443 e. The highest BCUT2D eigenvalue weighted by molar-refractivity contribution is 7.15. The number of alkyl halides is 3. The number of Topliss-reactive ketones (excluding diaryl/α,β-unsaturated/α-hetero) is 1. The van der Waals surface area contributed by atoms with Gasteiger partial charge in [0.25, 0.3) is 0 Å². The van der Waals surface area contributed by atoms with Crippen molar-refractivity contribution in [3.05, 3.63) is 40.5 Å². The summed E-state index contributed by atoms with van der Waals surface area (Å²) in [5.41, 5.74) is 2.20. The predicted molar refractivity (Wildman–Crippen MR) is 65.2 cm³/mol. The highest BCUT2D eigenvalue weighted by Gasteiger charge is 2.34. The Morgan fingerprint density at radius 2 is 2.00 bits per heavy atom. The molecule has 1 heterocycles. The number of thiazole rings is 1. The van der Waals surface area contributed by atoms with E-state index in [0.717, 1.165) is 5.56 Å². The monoisotopic (exact) mass is 283 g/mol. The van der Waals surface area contributed by atoms with Crippen LogP contribution >= 0.6 is 11.3 Å². The average Bonchev–Trinajstić information content (AvgIpc) is 2.96. The SMILES string of the molecule is O=C1CCc2ccc(-c3cnc(C(F)(F)F)s3)cc21. The van der Waals surface area contributed by atoms with Crippen LogP contribution in [-0.2, 0) is 12.6 Å². The molecule has 0 unspecified atom stereocenters. The maximum absolute atomic E-state index is 12.5. The minimum Gasteiger partial charge on any atom is -0.294 e. The van der Waals surface area contributed by atoms with E-state index in [1.165, 1.54) is 6.20 Å². The second-order valence-electron chi connectivity index (χ2n) is 4.32. The number of halogens is 3. The standard InChI is InChI=1S/C13H8F3NOS/c14-13(15,16)12-17-6-11(19-12)8-2-1-7-3-4-10(18)9(7)5-8/h1-2,5-6H,3-4H2. The number of aromatic nitrogens is 1. The number of aryl methyl sites for hydroxylation is 1. The fraction of sp³-hybridized carbons (Fsp3) is 0.231. The number of rotatable bonds is 1. The van der Waals surface area contributed by atoms with Gasteiger partial charge < -0.3 is 0 Å². The average molecular weight is 283 g/mol. The van der Waals surface area contributed by atoms with E-state index in [4.69, 9.17) is 0 Å². The largest absolute Gasteiger partial charge is 0.443 e. The van der Waals surface area contributed by atoms with Gasteiger partial charge in [-0.25, -0.2) is 4.98 Å². The molecular weight excluding hydrogens is 275 g/mol. The second kappa shape index (κ2) is 4.16. The molecule has 0 saturated carbocycles. The molecule has 2 nitrogen and oxygen atoms in total. The molecule has 1 aliphatic rings. The molecule has 0 N–H and O–H groups in total. The van der Waals surface area contributed by atoms with Crippen LogP contribution in [0.1, 0.15) is 27.3 Å². The third-order valence-corrected chi connectivity index (χ3v) is 4.16. The molecule has 3 rings (SSSR count). The van der Waals surface area contributed by atoms with Crippen LogP contribution in [0.5, 0.6) is 0 Å². The highest BCUT2D eigenvalue weighted by atomic mass is 32.1. The summed E-state index contributed by atoms with van der Waals surface area (Å²) in [6, 6.07) is 5.21. The summed E-state index contributed by atoms with van der Waals surface area (Å²) in [4.78, 5) is 15.4. The number of ketones is 1. The minimum atomic E-state index is -4.42. The molecule has 0 aliphatic heterocycles. The molecule has 0 amide bonds. The van der Waals surface area contributed by atoms with Crippen LogP contribution < -0.4 is 0 Å². The number of fused-ring (bicyclic) bond motifs is 1. The molecule has 1 aromatic carbocycles. The van der Waals surface area contributed by atoms with Gasteiger partial charge in [0.15, 0.2) is 10.8 Å². The Labute approximate surface area is 110 Å². The molecule has 1 aliphatic carbocycles. The Morgan fingerprint density at radius 3 is 2.68 bits per heavy atom. The van der Waals surface area contributed by atoms with E-state index >= 15 is 0 Å². The summed E-state index contributed by atoms with van der Waals surface area (Å²) in [5, 5.41) is -0.866. The summed E-state index contributed by atoms with van der Waals surface area (Å²) in [7, 11) is 0. The molecule has 0 radical (unpaired) electrons. The van der Waals surface area contributed by atoms with Crippen molar-refractivity contribution in [2.45, 2.75) is 19.0 Å². The molecule has 6 heteroatoms. The lowest BCUT2D eigenvalue weighted by Gasteiger charge is -2.02. The van der Waals surface area contributed by atoms with Gasteiger partial charge in [0, 0.05) is 18.2 Å². The fourth-order valence-electron chi connectivity index (χ4n) is 2.13. The molecule has 98 valence electrons. The van der Waals surface area contributed by atoms with Crippen LogP contribution in [0.3, 0.4) is 0 Å². The first-order valence-electron chi connectivity index (χ1n) is 5.64. The number of carbonyl (C=O) groups is 1. The Hall–Kier alpha value is -1.69. The van der Waals surface area contributed by atoms with Gasteiger partial charge in [-0.15, -0.1) is 11.3 Å². The first-order chi connectivity index (χ1) is 8.95. The zero-order valence-corrected chi connectivity index (χ0v) is 10.4. The first-order valence-corrected chi connectivity index (χ1v) is 6.46. The van der Waals surface area contributed by atoms with Gasteiger partial charge in [-0.3, -0.25) is 4.79 Å². The fourth-order valence-corrected chi connectivity index (χ4v) is 2.91. The summed E-state index contributed by atoms with van der Waals surface area (Å²) in [6.07, 6.45) is -2.02. The van der Waals surface area contributed by atoms with Gasteiger partial charge in [-0.2, -0.15) is 13.2 Å². The van der Waals surface area contributed by atoms with Crippen LogP contribution in [0.15, 0.2) is 24.4 Å². The zero-order chi connectivity index (χ0) is 13.6. The van der Waals surface area contributed by atoms with Crippen molar-refractivity contribution in [1.82, 2.24) is 4.98 Å². The summed E-state index contributed by atoms with van der Waals surface area (Å²) in [5.74, 6) is 0.0532. The van der Waals surface area contributed by atoms with E-state index in [2.05, 4.69) is 4.98 Å². The molecule has 2 aromatic rings. The summed E-state index contributed by atoms with van der Waals surface area (Å²) >= 11 is 0.592. The first kappa shape index (κ1) is 12.3. The van der Waals surface area contributed by atoms with Crippen molar-refractivity contribution in [2.24, 2.45) is 0 Å². The van der Waals surface area contributed by atoms with Crippen LogP contribution in [-0.4, -0.2) is 10.8 Å².